The van der Waals surface area contributed by atoms with Crippen LogP contribution in [0.4, 0.5) is 4.79 Å². The Hall–Kier alpha value is -6.14. The van der Waals surface area contributed by atoms with Gasteiger partial charge in [-0.2, -0.15) is 0 Å². The molecule has 0 heterocycles. The standard InChI is InChI=1S/C49H62N4O8/c1-8-40(35-17-13-10-14-18-35)44(36-19-23-38(54)24-20-36)37-21-25-39(26-22-37)60-30-29-53(7)43(55)27-28-50-46(57)42(31-33(2)3)51-47(58)45(56)41(32-34-15-11-9-12-16-34)52-48(59)61-49(4,5)6/h9-26,33,41-42,45,54,56H,8,27-32H2,1-7H3,(H,50,57)(H,51,58)(H,52,59)/t41-,42+,45+/m1/s1. The molecule has 0 spiro atoms. The number of carbonyl (C=O) groups excluding carboxylic acids is 4. The number of nitrogens with zero attached hydrogens (tertiary/aromatic N) is 1. The van der Waals surface area contributed by atoms with Gasteiger partial charge in [0.25, 0.3) is 5.91 Å². The summed E-state index contributed by atoms with van der Waals surface area (Å²) in [6.45, 7) is 11.7. The summed E-state index contributed by atoms with van der Waals surface area (Å²) in [5.74, 6) is -0.655. The van der Waals surface area contributed by atoms with Gasteiger partial charge in [0.05, 0.1) is 12.6 Å². The smallest absolute Gasteiger partial charge is 0.407 e. The van der Waals surface area contributed by atoms with Gasteiger partial charge in [-0.25, -0.2) is 4.79 Å². The molecule has 0 aromatic heterocycles. The normalized spacial score (nSPS) is 13.3. The minimum atomic E-state index is -1.70. The van der Waals surface area contributed by atoms with Crippen LogP contribution in [0.5, 0.6) is 11.5 Å². The van der Waals surface area contributed by atoms with E-state index in [1.54, 1.807) is 40.0 Å². The van der Waals surface area contributed by atoms with Crippen molar-refractivity contribution >= 4 is 35.0 Å². The van der Waals surface area contributed by atoms with Crippen molar-refractivity contribution in [1.82, 2.24) is 20.9 Å². The van der Waals surface area contributed by atoms with E-state index in [1.807, 2.05) is 98.8 Å². The zero-order valence-electron chi connectivity index (χ0n) is 36.4. The van der Waals surface area contributed by atoms with Crippen LogP contribution in [0.25, 0.3) is 11.1 Å². The summed E-state index contributed by atoms with van der Waals surface area (Å²) < 4.78 is 11.4. The molecule has 4 rings (SSSR count). The SMILES string of the molecule is CCC(=C(c1ccc(O)cc1)c1ccc(OCCN(C)C(=O)CCNC(=O)[C@H](CC(C)C)NC(=O)[C@@H](O)[C@@H](Cc2ccccc2)NC(=O)OC(C)(C)C)cc1)c1ccccc1. The number of phenolic OH excluding ortho intramolecular Hbond substituents is 1. The lowest BCUT2D eigenvalue weighted by Gasteiger charge is -2.28. The van der Waals surface area contributed by atoms with Crippen LogP contribution >= 0.6 is 0 Å². The van der Waals surface area contributed by atoms with Crippen LogP contribution in [-0.2, 0) is 25.5 Å². The average Bonchev–Trinajstić information content (AvgIpc) is 3.22. The fourth-order valence-electron chi connectivity index (χ4n) is 6.77. The second kappa shape index (κ2) is 23.0. The largest absolute Gasteiger partial charge is 0.508 e. The predicted molar refractivity (Wildman–Crippen MR) is 239 cm³/mol. The van der Waals surface area contributed by atoms with Crippen LogP contribution < -0.4 is 20.7 Å². The molecule has 3 atom stereocenters. The Morgan fingerprint density at radius 2 is 1.36 bits per heavy atom. The molecule has 5 N–H and O–H groups in total. The molecule has 0 aliphatic heterocycles. The summed E-state index contributed by atoms with van der Waals surface area (Å²) in [6.07, 6.45) is -1.24. The maximum atomic E-state index is 13.4. The van der Waals surface area contributed by atoms with Crippen LogP contribution in [0.1, 0.15) is 83.1 Å². The first-order valence-electron chi connectivity index (χ1n) is 20.9. The van der Waals surface area contributed by atoms with Gasteiger partial charge in [0.2, 0.25) is 11.8 Å². The van der Waals surface area contributed by atoms with Crippen molar-refractivity contribution in [3.63, 3.8) is 0 Å². The molecular formula is C49H62N4O8. The van der Waals surface area contributed by atoms with E-state index in [2.05, 4.69) is 35.0 Å². The molecule has 4 aromatic rings. The number of likely N-dealkylation sites (N-methyl/N-ethyl adjacent to an activating group) is 1. The molecule has 0 aliphatic rings. The Morgan fingerprint density at radius 3 is 1.93 bits per heavy atom. The monoisotopic (exact) mass is 834 g/mol. The Morgan fingerprint density at radius 1 is 0.770 bits per heavy atom. The van der Waals surface area contributed by atoms with Gasteiger partial charge in [0.15, 0.2) is 6.10 Å². The number of carbonyl (C=O) groups is 4. The minimum absolute atomic E-state index is 0.0121. The number of nitrogens with one attached hydrogen (secondary N) is 3. The van der Waals surface area contributed by atoms with E-state index in [1.165, 1.54) is 10.5 Å². The topological polar surface area (TPSA) is 167 Å². The lowest BCUT2D eigenvalue weighted by Crippen LogP contribution is -2.56. The van der Waals surface area contributed by atoms with Crippen LogP contribution in [-0.4, -0.2) is 89.5 Å². The van der Waals surface area contributed by atoms with E-state index in [0.29, 0.717) is 12.3 Å². The number of benzene rings is 4. The summed E-state index contributed by atoms with van der Waals surface area (Å²) in [5.41, 5.74) is 5.33. The Balaban J connectivity index is 1.30. The van der Waals surface area contributed by atoms with Crippen LogP contribution in [0.15, 0.2) is 109 Å². The molecule has 0 unspecified atom stereocenters. The Kier molecular flexibility index (Phi) is 17.9. The highest BCUT2D eigenvalue weighted by Gasteiger charge is 2.32. The average molecular weight is 835 g/mol. The first kappa shape index (κ1) is 47.5. The molecule has 4 aromatic carbocycles. The van der Waals surface area contributed by atoms with E-state index >= 15 is 0 Å². The Labute approximate surface area is 360 Å². The summed E-state index contributed by atoms with van der Waals surface area (Å²) >= 11 is 0. The third-order valence-corrected chi connectivity index (χ3v) is 9.83. The number of aliphatic hydroxyl groups excluding tert-OH is 1. The summed E-state index contributed by atoms with van der Waals surface area (Å²) in [6, 6.07) is 32.3. The third-order valence-electron chi connectivity index (χ3n) is 9.83. The number of aliphatic hydroxyl groups is 1. The molecule has 12 heteroatoms. The molecule has 0 bridgehead atoms. The van der Waals surface area contributed by atoms with E-state index in [-0.39, 0.29) is 50.0 Å². The summed E-state index contributed by atoms with van der Waals surface area (Å²) in [4.78, 5) is 54.0. The molecular weight excluding hydrogens is 773 g/mol. The van der Waals surface area contributed by atoms with Crippen molar-refractivity contribution in [1.29, 1.82) is 0 Å². The molecule has 0 saturated heterocycles. The quantitative estimate of drug-likeness (QED) is 0.0587. The zero-order valence-corrected chi connectivity index (χ0v) is 36.4. The van der Waals surface area contributed by atoms with Gasteiger partial charge < -0.3 is 40.5 Å². The van der Waals surface area contributed by atoms with Crippen molar-refractivity contribution in [2.45, 2.75) is 91.0 Å². The number of hydrogen-bond acceptors (Lipinski definition) is 8. The highest BCUT2D eigenvalue weighted by atomic mass is 16.6. The first-order valence-corrected chi connectivity index (χ1v) is 20.9. The fraction of sp³-hybridized carbons (Fsp3) is 0.388. The number of amides is 4. The number of phenols is 1. The van der Waals surface area contributed by atoms with Gasteiger partial charge in [0, 0.05) is 20.0 Å². The maximum absolute atomic E-state index is 13.4. The zero-order chi connectivity index (χ0) is 44.5. The molecule has 61 heavy (non-hydrogen) atoms. The van der Waals surface area contributed by atoms with E-state index < -0.39 is 41.7 Å². The highest BCUT2D eigenvalue weighted by Crippen LogP contribution is 2.35. The van der Waals surface area contributed by atoms with Crippen molar-refractivity contribution in [2.24, 2.45) is 5.92 Å². The van der Waals surface area contributed by atoms with Gasteiger partial charge >= 0.3 is 6.09 Å². The van der Waals surface area contributed by atoms with Crippen molar-refractivity contribution in [2.75, 3.05) is 26.7 Å². The molecule has 12 nitrogen and oxygen atoms in total. The van der Waals surface area contributed by atoms with E-state index in [9.17, 15) is 29.4 Å². The third kappa shape index (κ3) is 15.4. The van der Waals surface area contributed by atoms with Gasteiger partial charge in [-0.1, -0.05) is 106 Å². The van der Waals surface area contributed by atoms with Gasteiger partial charge in [0.1, 0.15) is 29.7 Å². The first-order chi connectivity index (χ1) is 29.0. The second-order valence-corrected chi connectivity index (χ2v) is 16.4. The number of hydrogen-bond donors (Lipinski definition) is 5. The number of allylic oxidation sites excluding steroid dienone is 1. The van der Waals surface area contributed by atoms with Crippen LogP contribution in [0.3, 0.4) is 0 Å². The minimum Gasteiger partial charge on any atom is -0.508 e. The molecule has 0 radical (unpaired) electrons. The number of rotatable bonds is 20. The summed E-state index contributed by atoms with van der Waals surface area (Å²) in [7, 11) is 1.67. The fourth-order valence-corrected chi connectivity index (χ4v) is 6.77. The maximum Gasteiger partial charge on any atom is 0.407 e. The number of ether oxygens (including phenoxy) is 2. The van der Waals surface area contributed by atoms with Crippen LogP contribution in [0.2, 0.25) is 0 Å². The van der Waals surface area contributed by atoms with Gasteiger partial charge in [-0.05, 0) is 104 Å². The Bertz CT molecular complexity index is 2050. The van der Waals surface area contributed by atoms with Crippen molar-refractivity contribution in [3.8, 4) is 11.5 Å². The molecule has 326 valence electrons. The molecule has 0 saturated carbocycles. The van der Waals surface area contributed by atoms with E-state index in [4.69, 9.17) is 9.47 Å². The lowest BCUT2D eigenvalue weighted by molar-refractivity contribution is -0.135. The molecule has 0 fully saturated rings. The summed E-state index contributed by atoms with van der Waals surface area (Å²) in [5, 5.41) is 29.2. The van der Waals surface area contributed by atoms with Crippen molar-refractivity contribution in [3.05, 3.63) is 131 Å². The number of aromatic hydroxyl groups is 1. The van der Waals surface area contributed by atoms with Gasteiger partial charge in [-0.3, -0.25) is 14.4 Å². The molecule has 0 aliphatic carbocycles. The van der Waals surface area contributed by atoms with Crippen LogP contribution in [0, 0.1) is 5.92 Å². The van der Waals surface area contributed by atoms with Crippen molar-refractivity contribution < 1.29 is 38.9 Å². The predicted octanol–water partition coefficient (Wildman–Crippen LogP) is 7.13. The number of alkyl carbamates (subject to hydrolysis) is 1. The lowest BCUT2D eigenvalue weighted by atomic mass is 9.88. The highest BCUT2D eigenvalue weighted by molar-refractivity contribution is 5.98. The van der Waals surface area contributed by atoms with Gasteiger partial charge in [-0.15, -0.1) is 0 Å². The second-order valence-electron chi connectivity index (χ2n) is 16.4. The molecule has 4 amide bonds. The van der Waals surface area contributed by atoms with E-state index in [0.717, 1.165) is 34.2 Å².